The maximum Gasteiger partial charge on any atom is 0 e. The van der Waals surface area contributed by atoms with Crippen molar-refractivity contribution in [3.05, 3.63) is 0 Å². The Morgan fingerprint density at radius 1 is 0.500 bits per heavy atom. The topological polar surface area (TPSA) is 47.6 Å². The van der Waals surface area contributed by atoms with Crippen LogP contribution in [-0.4, -0.2) is 0 Å². The highest BCUT2D eigenvalue weighted by Crippen LogP contribution is 2.09. The summed E-state index contributed by atoms with van der Waals surface area (Å²) in [7, 11) is 0. The largest absolute Gasteiger partial charge is 0.0654 e. The van der Waals surface area contributed by atoms with Gasteiger partial charge in [0.1, 0.15) is 0 Å². The third-order valence-corrected chi connectivity index (χ3v) is 2.46. The molecule has 14 heavy (non-hydrogen) atoms. The molecule has 0 aromatic carbocycles. The van der Waals surface area contributed by atoms with Crippen LogP contribution in [0.25, 0.3) is 0 Å². The van der Waals surface area contributed by atoms with Crippen molar-refractivity contribution in [2.45, 2.75) is 78.1 Å². The van der Waals surface area contributed by atoms with Crippen molar-refractivity contribution < 1.29 is 0 Å². The lowest BCUT2D eigenvalue weighted by atomic mass is 10.1. The Hall–Kier alpha value is -0.580. The molecule has 0 aliphatic carbocycles. The third-order valence-electron chi connectivity index (χ3n) is 2.46. The average Bonchev–Trinajstić information content (AvgIpc) is 2.25. The van der Waals surface area contributed by atoms with Crippen LogP contribution in [0, 0.1) is 10.8 Å². The Bertz CT molecular complexity index is 89.7. The van der Waals surface area contributed by atoms with E-state index in [1.54, 1.807) is 0 Å². The number of rotatable bonds is 9. The van der Waals surface area contributed by atoms with Crippen LogP contribution in [0.4, 0.5) is 0 Å². The molecule has 2 nitrogen and oxygen atoms in total. The van der Waals surface area contributed by atoms with E-state index in [1.807, 2.05) is 0 Å². The van der Waals surface area contributed by atoms with Gasteiger partial charge in [-0.25, -0.2) is 0 Å². The van der Waals surface area contributed by atoms with E-state index in [-0.39, 0.29) is 0 Å². The zero-order valence-corrected chi connectivity index (χ0v) is 9.97. The maximum atomic E-state index is 6.00. The SMILES string of the molecule is CCCCCCCCCCCC.N#N. The van der Waals surface area contributed by atoms with Gasteiger partial charge in [0.25, 0.3) is 0 Å². The Kier molecular flexibility index (Phi) is 20.7. The highest BCUT2D eigenvalue weighted by atomic mass is 14.6. The summed E-state index contributed by atoms with van der Waals surface area (Å²) < 4.78 is 0. The highest BCUT2D eigenvalue weighted by molar-refractivity contribution is 4.45. The van der Waals surface area contributed by atoms with Gasteiger partial charge >= 0.3 is 0 Å². The number of hydrogen-bond donors (Lipinski definition) is 0. The van der Waals surface area contributed by atoms with Gasteiger partial charge < -0.3 is 0 Å². The molecule has 0 radical (unpaired) electrons. The Balaban J connectivity index is 0. The van der Waals surface area contributed by atoms with E-state index in [2.05, 4.69) is 13.8 Å². The molecule has 0 unspecified atom stereocenters. The quantitative estimate of drug-likeness (QED) is 0.388. The first kappa shape index (κ1) is 15.9. The second-order valence-electron chi connectivity index (χ2n) is 3.83. The van der Waals surface area contributed by atoms with Crippen molar-refractivity contribution in [3.63, 3.8) is 0 Å². The van der Waals surface area contributed by atoms with Crippen LogP contribution in [-0.2, 0) is 0 Å². The standard InChI is InChI=1S/C12H26.N2/c1-3-5-7-9-11-12-10-8-6-4-2;1-2/h3-12H2,1-2H3;. The molecule has 0 fully saturated rings. The molecule has 0 rings (SSSR count). The number of hydrogen-bond acceptors (Lipinski definition) is 2. The van der Waals surface area contributed by atoms with Crippen LogP contribution in [0.2, 0.25) is 0 Å². The van der Waals surface area contributed by atoms with Crippen molar-refractivity contribution >= 4 is 0 Å². The van der Waals surface area contributed by atoms with Crippen LogP contribution < -0.4 is 0 Å². The molecule has 0 atom stereocenters. The Morgan fingerprint density at radius 3 is 0.929 bits per heavy atom. The Morgan fingerprint density at radius 2 is 0.714 bits per heavy atom. The average molecular weight is 198 g/mol. The molecule has 0 heterocycles. The lowest BCUT2D eigenvalue weighted by Crippen LogP contribution is -1.80. The summed E-state index contributed by atoms with van der Waals surface area (Å²) in [6.07, 6.45) is 14.4. The molecule has 0 aliphatic heterocycles. The van der Waals surface area contributed by atoms with E-state index < -0.39 is 0 Å². The first-order valence-electron chi connectivity index (χ1n) is 6.11. The fourth-order valence-corrected chi connectivity index (χ4v) is 1.56. The molecule has 0 spiro atoms. The van der Waals surface area contributed by atoms with Gasteiger partial charge in [-0.05, 0) is 0 Å². The van der Waals surface area contributed by atoms with Gasteiger partial charge in [-0.3, -0.25) is 0 Å². The first-order valence-corrected chi connectivity index (χ1v) is 6.11. The summed E-state index contributed by atoms with van der Waals surface area (Å²) in [6.45, 7) is 4.56. The molecule has 0 aliphatic rings. The molecule has 0 aromatic heterocycles. The molecule has 0 amide bonds. The van der Waals surface area contributed by atoms with Gasteiger partial charge in [-0.2, -0.15) is 0 Å². The fraction of sp³-hybridized carbons (Fsp3) is 1.00. The third kappa shape index (κ3) is 17.5. The second kappa shape index (κ2) is 18.3. The van der Waals surface area contributed by atoms with Gasteiger partial charge in [0.05, 0.1) is 0 Å². The lowest BCUT2D eigenvalue weighted by molar-refractivity contribution is 0.562. The van der Waals surface area contributed by atoms with Crippen LogP contribution in [0.1, 0.15) is 78.1 Å². The minimum absolute atomic E-state index is 1.37. The van der Waals surface area contributed by atoms with Gasteiger partial charge in [0.2, 0.25) is 0 Å². The molecule has 84 valence electrons. The van der Waals surface area contributed by atoms with Crippen LogP contribution in [0.15, 0.2) is 0 Å². The highest BCUT2D eigenvalue weighted by Gasteiger charge is 1.90. The minimum Gasteiger partial charge on any atom is -0.0654 e. The number of nitrogens with zero attached hydrogens (tertiary/aromatic N) is 2. The first-order chi connectivity index (χ1) is 6.91. The van der Waals surface area contributed by atoms with Crippen molar-refractivity contribution in [2.24, 2.45) is 0 Å². The summed E-state index contributed by atoms with van der Waals surface area (Å²) in [6, 6.07) is 0. The fourth-order valence-electron chi connectivity index (χ4n) is 1.56. The molecule has 0 saturated carbocycles. The van der Waals surface area contributed by atoms with Crippen molar-refractivity contribution in [2.75, 3.05) is 0 Å². The van der Waals surface area contributed by atoms with Gasteiger partial charge in [0.15, 0.2) is 0 Å². The van der Waals surface area contributed by atoms with Crippen LogP contribution >= 0.6 is 0 Å². The number of unbranched alkanes of at least 4 members (excludes halogenated alkanes) is 9. The van der Waals surface area contributed by atoms with E-state index in [1.165, 1.54) is 64.2 Å². The summed E-state index contributed by atoms with van der Waals surface area (Å²) in [5.41, 5.74) is 0. The second-order valence-corrected chi connectivity index (χ2v) is 3.83. The Labute approximate surface area is 89.5 Å². The predicted octanol–water partition coefficient (Wildman–Crippen LogP) is 4.96. The van der Waals surface area contributed by atoms with Crippen molar-refractivity contribution in [1.29, 1.82) is 10.8 Å². The minimum atomic E-state index is 1.37. The van der Waals surface area contributed by atoms with Gasteiger partial charge in [0, 0.05) is 10.8 Å². The molecule has 2 heteroatoms. The molecule has 0 N–H and O–H groups in total. The molecule has 0 bridgehead atoms. The summed E-state index contributed by atoms with van der Waals surface area (Å²) >= 11 is 0. The van der Waals surface area contributed by atoms with E-state index >= 15 is 0 Å². The predicted molar refractivity (Wildman–Crippen MR) is 61.0 cm³/mol. The molecule has 0 aromatic rings. The summed E-state index contributed by atoms with van der Waals surface area (Å²) in [5.74, 6) is 0. The smallest absolute Gasteiger partial charge is 0 e. The summed E-state index contributed by atoms with van der Waals surface area (Å²) in [5, 5.41) is 12.0. The van der Waals surface area contributed by atoms with E-state index in [0.717, 1.165) is 0 Å². The van der Waals surface area contributed by atoms with E-state index in [9.17, 15) is 0 Å². The monoisotopic (exact) mass is 198 g/mol. The van der Waals surface area contributed by atoms with Gasteiger partial charge in [-0.1, -0.05) is 78.1 Å². The van der Waals surface area contributed by atoms with E-state index in [4.69, 9.17) is 10.8 Å². The van der Waals surface area contributed by atoms with Crippen LogP contribution in [0.3, 0.4) is 0 Å². The van der Waals surface area contributed by atoms with Crippen molar-refractivity contribution in [3.8, 4) is 0 Å². The summed E-state index contributed by atoms with van der Waals surface area (Å²) in [4.78, 5) is 0. The lowest BCUT2D eigenvalue weighted by Gasteiger charge is -1.99. The zero-order chi connectivity index (χ0) is 11.1. The normalized spacial score (nSPS) is 9.14. The van der Waals surface area contributed by atoms with Gasteiger partial charge in [-0.15, -0.1) is 0 Å². The molecular formula is C12H26N2. The van der Waals surface area contributed by atoms with E-state index in [0.29, 0.717) is 0 Å². The zero-order valence-electron chi connectivity index (χ0n) is 9.97. The maximum absolute atomic E-state index is 6.00. The van der Waals surface area contributed by atoms with Crippen molar-refractivity contribution in [1.82, 2.24) is 0 Å². The van der Waals surface area contributed by atoms with Crippen LogP contribution in [0.5, 0.6) is 0 Å². The molecule has 0 saturated heterocycles. The molecular weight excluding hydrogens is 172 g/mol.